The number of hydrogen-bond donors (Lipinski definition) is 3. The summed E-state index contributed by atoms with van der Waals surface area (Å²) in [6, 6.07) is 13.1. The second-order valence-electron chi connectivity index (χ2n) is 7.56. The molecule has 0 atom stereocenters. The Morgan fingerprint density at radius 3 is 2.52 bits per heavy atom. The second kappa shape index (κ2) is 10.7. The van der Waals surface area contributed by atoms with Gasteiger partial charge < -0.3 is 20.4 Å². The third-order valence-electron chi connectivity index (χ3n) is 5.39. The summed E-state index contributed by atoms with van der Waals surface area (Å²) in [5.41, 5.74) is 2.12. The molecule has 3 rings (SSSR count). The zero-order valence-electron chi connectivity index (χ0n) is 17.6. The van der Waals surface area contributed by atoms with E-state index >= 15 is 0 Å². The van der Waals surface area contributed by atoms with E-state index < -0.39 is 11.7 Å². The number of benzene rings is 2. The van der Waals surface area contributed by atoms with Crippen molar-refractivity contribution < 1.29 is 23.7 Å². The molecule has 0 spiro atoms. The average Bonchev–Trinajstić information content (AvgIpc) is 2.78. The molecule has 1 fully saturated rings. The summed E-state index contributed by atoms with van der Waals surface area (Å²) in [6.07, 6.45) is 0.847. The van der Waals surface area contributed by atoms with E-state index in [4.69, 9.17) is 0 Å². The van der Waals surface area contributed by atoms with Gasteiger partial charge in [0.05, 0.1) is 32.7 Å². The van der Waals surface area contributed by atoms with Crippen LogP contribution in [0.2, 0.25) is 0 Å². The van der Waals surface area contributed by atoms with Crippen LogP contribution in [0.4, 0.5) is 10.1 Å². The predicted octanol–water partition coefficient (Wildman–Crippen LogP) is 0.484. The summed E-state index contributed by atoms with van der Waals surface area (Å²) in [4.78, 5) is 39.7. The Hall–Kier alpha value is -3.26. The van der Waals surface area contributed by atoms with Gasteiger partial charge in [0.2, 0.25) is 5.91 Å². The van der Waals surface area contributed by atoms with Gasteiger partial charge in [0.25, 0.3) is 11.8 Å². The molecule has 0 bridgehead atoms. The number of para-hydroxylation sites is 1. The van der Waals surface area contributed by atoms with Crippen molar-refractivity contribution in [1.29, 1.82) is 0 Å². The fourth-order valence-corrected chi connectivity index (χ4v) is 3.62. The molecule has 1 heterocycles. The van der Waals surface area contributed by atoms with Gasteiger partial charge in [0.1, 0.15) is 5.82 Å². The van der Waals surface area contributed by atoms with Crippen molar-refractivity contribution in [2.45, 2.75) is 13.3 Å². The van der Waals surface area contributed by atoms with E-state index in [9.17, 15) is 18.8 Å². The lowest BCUT2D eigenvalue weighted by molar-refractivity contribution is -0.895. The van der Waals surface area contributed by atoms with Gasteiger partial charge in [-0.2, -0.15) is 0 Å². The first-order valence-corrected chi connectivity index (χ1v) is 10.5. The molecule has 164 valence electrons. The third-order valence-corrected chi connectivity index (χ3v) is 5.39. The molecule has 2 aromatic carbocycles. The third kappa shape index (κ3) is 6.36. The molecule has 1 saturated heterocycles. The number of halogens is 1. The molecular weight excluding hydrogens is 399 g/mol. The SMILES string of the molecule is CCc1ccccc1NC(=O)C[NH+]1CCN(C(=O)CNC(=O)c2cccc(F)c2)CC1. The summed E-state index contributed by atoms with van der Waals surface area (Å²) < 4.78 is 13.2. The van der Waals surface area contributed by atoms with Gasteiger partial charge in [0.15, 0.2) is 6.54 Å². The van der Waals surface area contributed by atoms with E-state index in [0.717, 1.165) is 28.6 Å². The van der Waals surface area contributed by atoms with Crippen molar-refractivity contribution in [3.05, 3.63) is 65.5 Å². The molecule has 3 N–H and O–H groups in total. The number of amides is 3. The van der Waals surface area contributed by atoms with E-state index in [2.05, 4.69) is 10.6 Å². The zero-order valence-corrected chi connectivity index (χ0v) is 17.6. The molecule has 1 aliphatic rings. The Balaban J connectivity index is 1.41. The maximum Gasteiger partial charge on any atom is 0.279 e. The summed E-state index contributed by atoms with van der Waals surface area (Å²) in [5, 5.41) is 5.52. The number of quaternary nitrogens is 1. The van der Waals surface area contributed by atoms with Crippen LogP contribution in [0.3, 0.4) is 0 Å². The molecule has 31 heavy (non-hydrogen) atoms. The molecule has 3 amide bonds. The van der Waals surface area contributed by atoms with Gasteiger partial charge in [-0.1, -0.05) is 31.2 Å². The van der Waals surface area contributed by atoms with Gasteiger partial charge >= 0.3 is 0 Å². The molecular formula is C23H28FN4O3+. The number of rotatable bonds is 7. The fraction of sp³-hybridized carbons (Fsp3) is 0.348. The number of nitrogens with zero attached hydrogens (tertiary/aromatic N) is 1. The minimum Gasteiger partial charge on any atom is -0.343 e. The summed E-state index contributed by atoms with van der Waals surface area (Å²) in [7, 11) is 0. The minimum atomic E-state index is -0.500. The highest BCUT2D eigenvalue weighted by molar-refractivity contribution is 5.96. The largest absolute Gasteiger partial charge is 0.343 e. The van der Waals surface area contributed by atoms with E-state index in [1.165, 1.54) is 18.2 Å². The van der Waals surface area contributed by atoms with Crippen molar-refractivity contribution in [1.82, 2.24) is 10.2 Å². The van der Waals surface area contributed by atoms with Crippen molar-refractivity contribution in [3.63, 3.8) is 0 Å². The number of aryl methyl sites for hydroxylation is 1. The average molecular weight is 428 g/mol. The summed E-state index contributed by atoms with van der Waals surface area (Å²) in [6.45, 7) is 4.60. The molecule has 8 heteroatoms. The van der Waals surface area contributed by atoms with E-state index in [1.807, 2.05) is 31.2 Å². The van der Waals surface area contributed by atoms with Crippen LogP contribution in [0.5, 0.6) is 0 Å². The van der Waals surface area contributed by atoms with E-state index in [0.29, 0.717) is 32.7 Å². The Bertz CT molecular complexity index is 942. The van der Waals surface area contributed by atoms with Crippen molar-refractivity contribution in [3.8, 4) is 0 Å². The molecule has 0 radical (unpaired) electrons. The Morgan fingerprint density at radius 1 is 1.06 bits per heavy atom. The van der Waals surface area contributed by atoms with Crippen LogP contribution in [0.15, 0.2) is 48.5 Å². The smallest absolute Gasteiger partial charge is 0.279 e. The summed E-state index contributed by atoms with van der Waals surface area (Å²) >= 11 is 0. The van der Waals surface area contributed by atoms with Gasteiger partial charge in [-0.15, -0.1) is 0 Å². The number of carbonyl (C=O) groups is 3. The molecule has 0 aromatic heterocycles. The number of piperazine rings is 1. The first-order chi connectivity index (χ1) is 15.0. The predicted molar refractivity (Wildman–Crippen MR) is 115 cm³/mol. The Labute approximate surface area is 181 Å². The number of nitrogens with one attached hydrogen (secondary N) is 3. The number of anilines is 1. The number of hydrogen-bond acceptors (Lipinski definition) is 3. The van der Waals surface area contributed by atoms with Crippen LogP contribution in [-0.2, 0) is 16.0 Å². The second-order valence-corrected chi connectivity index (χ2v) is 7.56. The highest BCUT2D eigenvalue weighted by Crippen LogP contribution is 2.14. The molecule has 7 nitrogen and oxygen atoms in total. The molecule has 0 unspecified atom stereocenters. The monoisotopic (exact) mass is 427 g/mol. The quantitative estimate of drug-likeness (QED) is 0.601. The van der Waals surface area contributed by atoms with Crippen LogP contribution in [0.1, 0.15) is 22.8 Å². The maximum atomic E-state index is 13.2. The van der Waals surface area contributed by atoms with Crippen molar-refractivity contribution in [2.24, 2.45) is 0 Å². The molecule has 1 aliphatic heterocycles. The maximum absolute atomic E-state index is 13.2. The van der Waals surface area contributed by atoms with Crippen molar-refractivity contribution in [2.75, 3.05) is 44.6 Å². The normalized spacial score (nSPS) is 14.2. The first kappa shape index (κ1) is 22.4. The lowest BCUT2D eigenvalue weighted by Gasteiger charge is -2.32. The Morgan fingerprint density at radius 2 is 1.81 bits per heavy atom. The van der Waals surface area contributed by atoms with Crippen LogP contribution in [0.25, 0.3) is 0 Å². The fourth-order valence-electron chi connectivity index (χ4n) is 3.62. The highest BCUT2D eigenvalue weighted by atomic mass is 19.1. The van der Waals surface area contributed by atoms with Gasteiger partial charge in [-0.05, 0) is 36.2 Å². The molecule has 2 aromatic rings. The van der Waals surface area contributed by atoms with Crippen LogP contribution in [-0.4, -0.2) is 61.9 Å². The lowest BCUT2D eigenvalue weighted by atomic mass is 10.1. The topological polar surface area (TPSA) is 82.9 Å². The van der Waals surface area contributed by atoms with Crippen LogP contribution >= 0.6 is 0 Å². The summed E-state index contributed by atoms with van der Waals surface area (Å²) in [5.74, 6) is -1.22. The van der Waals surface area contributed by atoms with Gasteiger partial charge in [-0.3, -0.25) is 14.4 Å². The standard InChI is InChI=1S/C23H27FN4O3/c1-2-17-6-3-4-9-20(17)26-21(29)16-27-10-12-28(13-11-27)22(30)15-25-23(31)18-7-5-8-19(24)14-18/h3-9,14H,2,10-13,15-16H2,1H3,(H,25,31)(H,26,29)/p+1. The lowest BCUT2D eigenvalue weighted by Crippen LogP contribution is -3.15. The van der Waals surface area contributed by atoms with Crippen molar-refractivity contribution >= 4 is 23.4 Å². The zero-order chi connectivity index (χ0) is 22.2. The van der Waals surface area contributed by atoms with Gasteiger partial charge in [-0.25, -0.2) is 4.39 Å². The Kier molecular flexibility index (Phi) is 7.72. The molecule has 0 aliphatic carbocycles. The van der Waals surface area contributed by atoms with Gasteiger partial charge in [0, 0.05) is 11.3 Å². The van der Waals surface area contributed by atoms with Crippen LogP contribution < -0.4 is 15.5 Å². The number of carbonyl (C=O) groups excluding carboxylic acids is 3. The van der Waals surface area contributed by atoms with Crippen LogP contribution in [0, 0.1) is 5.82 Å². The highest BCUT2D eigenvalue weighted by Gasteiger charge is 2.25. The first-order valence-electron chi connectivity index (χ1n) is 10.5. The molecule has 0 saturated carbocycles. The van der Waals surface area contributed by atoms with E-state index in [1.54, 1.807) is 4.90 Å². The minimum absolute atomic E-state index is 0.0435. The van der Waals surface area contributed by atoms with E-state index in [-0.39, 0.29) is 23.9 Å².